The number of terminal acetylenes is 1. The van der Waals surface area contributed by atoms with Gasteiger partial charge in [-0.15, -0.1) is 6.42 Å². The van der Waals surface area contributed by atoms with E-state index in [-0.39, 0.29) is 22.8 Å². The van der Waals surface area contributed by atoms with Crippen LogP contribution in [-0.4, -0.2) is 47.8 Å². The lowest BCUT2D eigenvalue weighted by Crippen LogP contribution is -2.45. The van der Waals surface area contributed by atoms with Crippen LogP contribution in [0.3, 0.4) is 0 Å². The number of nitrogens with zero attached hydrogens (tertiary/aromatic N) is 1. The van der Waals surface area contributed by atoms with Gasteiger partial charge in [-0.05, 0) is 18.2 Å². The van der Waals surface area contributed by atoms with Crippen molar-refractivity contribution in [1.29, 1.82) is 0 Å². The number of hydrogen-bond acceptors (Lipinski definition) is 5. The number of ether oxygens (including phenoxy) is 2. The fraction of sp³-hybridized carbons (Fsp3) is 0.294. The summed E-state index contributed by atoms with van der Waals surface area (Å²) in [6.45, 7) is 0.0309. The van der Waals surface area contributed by atoms with Crippen LogP contribution in [-0.2, 0) is 11.0 Å². The Morgan fingerprint density at radius 1 is 1.41 bits per heavy atom. The van der Waals surface area contributed by atoms with Crippen LogP contribution in [0.15, 0.2) is 23.8 Å². The first-order valence-corrected chi connectivity index (χ1v) is 7.84. The van der Waals surface area contributed by atoms with E-state index in [1.807, 2.05) is 0 Å². The van der Waals surface area contributed by atoms with E-state index in [2.05, 4.69) is 5.92 Å². The van der Waals surface area contributed by atoms with Crippen LogP contribution >= 0.6 is 12.2 Å². The molecule has 1 aromatic carbocycles. The van der Waals surface area contributed by atoms with Gasteiger partial charge in [0.2, 0.25) is 0 Å². The van der Waals surface area contributed by atoms with Gasteiger partial charge in [0.25, 0.3) is 5.91 Å². The quantitative estimate of drug-likeness (QED) is 0.349. The van der Waals surface area contributed by atoms with Crippen molar-refractivity contribution >= 4 is 23.1 Å². The molecule has 1 atom stereocenters. The maximum absolute atomic E-state index is 13.4. The molecule has 0 saturated heterocycles. The molecule has 0 radical (unpaired) electrons. The molecule has 0 fully saturated rings. The average molecular weight is 400 g/mol. The second kappa shape index (κ2) is 7.85. The second-order valence-corrected chi connectivity index (χ2v) is 5.83. The number of nitrogens with one attached hydrogen (secondary N) is 1. The van der Waals surface area contributed by atoms with Crippen molar-refractivity contribution in [2.75, 3.05) is 20.8 Å². The van der Waals surface area contributed by atoms with Crippen molar-refractivity contribution < 1.29 is 32.6 Å². The number of hydrogen-bond donors (Lipinski definition) is 2. The van der Waals surface area contributed by atoms with Crippen molar-refractivity contribution in [3.8, 4) is 23.8 Å². The molecule has 0 spiro atoms. The van der Waals surface area contributed by atoms with Gasteiger partial charge in [-0.2, -0.15) is 13.2 Å². The predicted octanol–water partition coefficient (Wildman–Crippen LogP) is 2.15. The zero-order chi connectivity index (χ0) is 20.4. The van der Waals surface area contributed by atoms with E-state index in [1.165, 1.54) is 29.6 Å². The van der Waals surface area contributed by atoms with Gasteiger partial charge >= 0.3 is 6.18 Å². The molecule has 6 nitrogen and oxygen atoms in total. The smallest absolute Gasteiger partial charge is 0.420 e. The summed E-state index contributed by atoms with van der Waals surface area (Å²) in [5, 5.41) is 8.89. The summed E-state index contributed by atoms with van der Waals surface area (Å²) in [5.74, 6) is 0.888. The zero-order valence-electron chi connectivity index (χ0n) is 14.3. The van der Waals surface area contributed by atoms with Gasteiger partial charge in [0.1, 0.15) is 16.6 Å². The molecule has 1 aliphatic heterocycles. The van der Waals surface area contributed by atoms with Crippen LogP contribution in [0.25, 0.3) is 0 Å². The molecule has 1 amide bonds. The van der Waals surface area contributed by atoms with E-state index < -0.39 is 29.4 Å². The van der Waals surface area contributed by atoms with Crippen molar-refractivity contribution in [3.63, 3.8) is 0 Å². The number of carbonyl (C=O) groups is 1. The summed E-state index contributed by atoms with van der Waals surface area (Å²) >= 11 is 5.29. The summed E-state index contributed by atoms with van der Waals surface area (Å²) < 4.78 is 50.1. The Bertz CT molecular complexity index is 846. The molecule has 0 saturated carbocycles. The number of benzene rings is 1. The molecule has 2 N–H and O–H groups in total. The summed E-state index contributed by atoms with van der Waals surface area (Å²) in [7, 11) is 2.29. The highest BCUT2D eigenvalue weighted by atomic mass is 32.1. The number of hydroxylamine groups is 1. The van der Waals surface area contributed by atoms with Gasteiger partial charge in [0.05, 0.1) is 20.8 Å². The fourth-order valence-corrected chi connectivity index (χ4v) is 2.95. The maximum Gasteiger partial charge on any atom is 0.420 e. The number of halogens is 3. The molecule has 1 aromatic rings. The highest BCUT2D eigenvalue weighted by molar-refractivity contribution is 7.80. The molecular formula is C17H15F3N2O4S. The number of amides is 1. The molecule has 27 heavy (non-hydrogen) atoms. The third-order valence-corrected chi connectivity index (χ3v) is 4.36. The molecule has 2 rings (SSSR count). The lowest BCUT2D eigenvalue weighted by molar-refractivity contribution is -0.139. The van der Waals surface area contributed by atoms with E-state index in [9.17, 15) is 18.0 Å². The fourth-order valence-electron chi connectivity index (χ4n) is 2.65. The van der Waals surface area contributed by atoms with E-state index in [0.29, 0.717) is 5.57 Å². The molecular weight excluding hydrogens is 385 g/mol. The van der Waals surface area contributed by atoms with E-state index in [1.54, 1.807) is 0 Å². The predicted molar refractivity (Wildman–Crippen MR) is 93.6 cm³/mol. The van der Waals surface area contributed by atoms with Crippen LogP contribution in [0.1, 0.15) is 11.1 Å². The SMILES string of the molecule is C#CC1=CC(C(=O)NO)N(C(=S)c2cc(OC)c(OC)c(C(F)(F)F)c2)C1. The van der Waals surface area contributed by atoms with Gasteiger partial charge < -0.3 is 14.4 Å². The van der Waals surface area contributed by atoms with Crippen LogP contribution in [0, 0.1) is 12.3 Å². The van der Waals surface area contributed by atoms with Gasteiger partial charge in [-0.25, -0.2) is 5.48 Å². The Labute approximate surface area is 158 Å². The Kier molecular flexibility index (Phi) is 5.98. The van der Waals surface area contributed by atoms with Gasteiger partial charge in [0.15, 0.2) is 11.5 Å². The third kappa shape index (κ3) is 3.99. The van der Waals surface area contributed by atoms with Crippen LogP contribution in [0.4, 0.5) is 13.2 Å². The lowest BCUT2D eigenvalue weighted by atomic mass is 10.1. The maximum atomic E-state index is 13.4. The number of thiocarbonyl (C=S) groups is 1. The topological polar surface area (TPSA) is 71.0 Å². The van der Waals surface area contributed by atoms with Crippen LogP contribution in [0.5, 0.6) is 11.5 Å². The minimum absolute atomic E-state index is 0.0163. The third-order valence-electron chi connectivity index (χ3n) is 3.89. The molecule has 0 aromatic heterocycles. The molecule has 0 bridgehead atoms. The van der Waals surface area contributed by atoms with Gasteiger partial charge in [-0.1, -0.05) is 18.1 Å². The normalized spacial score (nSPS) is 16.4. The minimum Gasteiger partial charge on any atom is -0.493 e. The summed E-state index contributed by atoms with van der Waals surface area (Å²) in [4.78, 5) is 13.1. The van der Waals surface area contributed by atoms with Crippen LogP contribution < -0.4 is 15.0 Å². The first-order chi connectivity index (χ1) is 12.7. The van der Waals surface area contributed by atoms with Crippen molar-refractivity contribution in [1.82, 2.24) is 10.4 Å². The average Bonchev–Trinajstić information content (AvgIpc) is 3.09. The monoisotopic (exact) mass is 400 g/mol. The molecule has 1 aliphatic rings. The summed E-state index contributed by atoms with van der Waals surface area (Å²) in [6.07, 6.45) is 2.00. The molecule has 10 heteroatoms. The standard InChI is InChI=1S/C17H15F3N2O4S/c1-4-9-5-12(15(23)21-24)22(8-9)16(27)10-6-11(17(18,19)20)14(26-3)13(7-10)25-2/h1,5-7,12,24H,8H2,2-3H3,(H,21,23). The van der Waals surface area contributed by atoms with Gasteiger partial charge in [-0.3, -0.25) is 10.0 Å². The summed E-state index contributed by atoms with van der Waals surface area (Å²) in [6, 6.07) is 1.03. The highest BCUT2D eigenvalue weighted by Gasteiger charge is 2.38. The minimum atomic E-state index is -4.72. The molecule has 144 valence electrons. The Morgan fingerprint density at radius 2 is 2.07 bits per heavy atom. The number of methoxy groups -OCH3 is 2. The molecule has 1 heterocycles. The largest absolute Gasteiger partial charge is 0.493 e. The zero-order valence-corrected chi connectivity index (χ0v) is 15.1. The molecule has 1 unspecified atom stereocenters. The Hall–Kier alpha value is -2.77. The van der Waals surface area contributed by atoms with E-state index in [0.717, 1.165) is 13.2 Å². The first kappa shape index (κ1) is 20.5. The first-order valence-electron chi connectivity index (χ1n) is 7.43. The lowest BCUT2D eigenvalue weighted by Gasteiger charge is -2.26. The van der Waals surface area contributed by atoms with E-state index in [4.69, 9.17) is 33.3 Å². The Balaban J connectivity index is 2.53. The highest BCUT2D eigenvalue weighted by Crippen LogP contribution is 2.42. The number of rotatable bonds is 4. The molecule has 0 aliphatic carbocycles. The van der Waals surface area contributed by atoms with E-state index >= 15 is 0 Å². The number of carbonyl (C=O) groups excluding carboxylic acids is 1. The van der Waals surface area contributed by atoms with Crippen molar-refractivity contribution in [2.45, 2.75) is 12.2 Å². The van der Waals surface area contributed by atoms with Crippen molar-refractivity contribution in [3.05, 3.63) is 34.9 Å². The van der Waals surface area contributed by atoms with Crippen LogP contribution in [0.2, 0.25) is 0 Å². The summed E-state index contributed by atoms with van der Waals surface area (Å²) in [5.41, 5.74) is 0.800. The second-order valence-electron chi connectivity index (χ2n) is 5.45. The van der Waals surface area contributed by atoms with Gasteiger partial charge in [0, 0.05) is 11.1 Å². The van der Waals surface area contributed by atoms with Crippen molar-refractivity contribution in [2.24, 2.45) is 0 Å². The number of alkyl halides is 3. The Morgan fingerprint density at radius 3 is 2.56 bits per heavy atom.